The normalized spacial score (nSPS) is 31.0. The molecule has 2 atom stereocenters. The van der Waals surface area contributed by atoms with Crippen molar-refractivity contribution >= 4 is 0 Å². The van der Waals surface area contributed by atoms with Crippen LogP contribution < -0.4 is 5.32 Å². The van der Waals surface area contributed by atoms with Gasteiger partial charge in [0.25, 0.3) is 0 Å². The third-order valence-electron chi connectivity index (χ3n) is 3.04. The summed E-state index contributed by atoms with van der Waals surface area (Å²) in [5, 5.41) is 13.4. The maximum atomic E-state index is 10.2. The lowest BCUT2D eigenvalue weighted by atomic mass is 9.97. The molecule has 15 heavy (non-hydrogen) atoms. The third kappa shape index (κ3) is 4.07. The van der Waals surface area contributed by atoms with Crippen LogP contribution in [0.2, 0.25) is 0 Å². The van der Waals surface area contributed by atoms with Crippen molar-refractivity contribution in [1.29, 1.82) is 0 Å². The summed E-state index contributed by atoms with van der Waals surface area (Å²) in [6, 6.07) is 0. The summed E-state index contributed by atoms with van der Waals surface area (Å²) in [6.45, 7) is 4.97. The number of hydrogen-bond acceptors (Lipinski definition) is 4. The molecule has 2 N–H and O–H groups in total. The Kier molecular flexibility index (Phi) is 5.53. The van der Waals surface area contributed by atoms with Crippen LogP contribution in [0.25, 0.3) is 0 Å². The SMILES string of the molecule is COCCCCNCC1(O)CCOC1C. The molecule has 0 aromatic rings. The van der Waals surface area contributed by atoms with Crippen molar-refractivity contribution in [3.63, 3.8) is 0 Å². The zero-order valence-electron chi connectivity index (χ0n) is 9.79. The monoisotopic (exact) mass is 217 g/mol. The number of aliphatic hydroxyl groups is 1. The van der Waals surface area contributed by atoms with Crippen molar-refractivity contribution < 1.29 is 14.6 Å². The van der Waals surface area contributed by atoms with Crippen molar-refractivity contribution in [2.45, 2.75) is 37.9 Å². The number of unbranched alkanes of at least 4 members (excludes halogenated alkanes) is 1. The van der Waals surface area contributed by atoms with Gasteiger partial charge in [-0.15, -0.1) is 0 Å². The second kappa shape index (κ2) is 6.43. The van der Waals surface area contributed by atoms with Gasteiger partial charge < -0.3 is 19.9 Å². The van der Waals surface area contributed by atoms with E-state index in [-0.39, 0.29) is 6.10 Å². The molecule has 0 saturated carbocycles. The summed E-state index contributed by atoms with van der Waals surface area (Å²) in [5.41, 5.74) is -0.665. The molecule has 0 spiro atoms. The Morgan fingerprint density at radius 1 is 1.53 bits per heavy atom. The molecular weight excluding hydrogens is 194 g/mol. The second-order valence-corrected chi connectivity index (χ2v) is 4.24. The molecule has 4 nitrogen and oxygen atoms in total. The van der Waals surface area contributed by atoms with Crippen LogP contribution >= 0.6 is 0 Å². The first-order valence-corrected chi connectivity index (χ1v) is 5.73. The van der Waals surface area contributed by atoms with Gasteiger partial charge in [0.2, 0.25) is 0 Å². The van der Waals surface area contributed by atoms with Crippen LogP contribution in [-0.2, 0) is 9.47 Å². The average molecular weight is 217 g/mol. The molecule has 2 unspecified atom stereocenters. The maximum absolute atomic E-state index is 10.2. The molecule has 0 aliphatic carbocycles. The van der Waals surface area contributed by atoms with Gasteiger partial charge in [-0.05, 0) is 26.3 Å². The molecule has 90 valence electrons. The zero-order chi connectivity index (χ0) is 11.1. The predicted octanol–water partition coefficient (Wildman–Crippen LogP) is 0.542. The molecule has 1 fully saturated rings. The molecule has 0 amide bonds. The van der Waals surface area contributed by atoms with Gasteiger partial charge >= 0.3 is 0 Å². The molecule has 1 aliphatic rings. The van der Waals surface area contributed by atoms with E-state index in [1.54, 1.807) is 7.11 Å². The van der Waals surface area contributed by atoms with Crippen LogP contribution in [0, 0.1) is 0 Å². The minimum atomic E-state index is -0.665. The fourth-order valence-electron chi connectivity index (χ4n) is 1.80. The van der Waals surface area contributed by atoms with Gasteiger partial charge in [-0.2, -0.15) is 0 Å². The molecule has 4 heteroatoms. The first-order chi connectivity index (χ1) is 7.19. The van der Waals surface area contributed by atoms with E-state index in [4.69, 9.17) is 9.47 Å². The minimum absolute atomic E-state index is 0.0519. The zero-order valence-corrected chi connectivity index (χ0v) is 9.79. The van der Waals surface area contributed by atoms with Crippen LogP contribution in [-0.4, -0.2) is 50.2 Å². The van der Waals surface area contributed by atoms with Crippen LogP contribution in [0.15, 0.2) is 0 Å². The Morgan fingerprint density at radius 3 is 2.93 bits per heavy atom. The topological polar surface area (TPSA) is 50.7 Å². The van der Waals surface area contributed by atoms with Crippen molar-refractivity contribution in [2.24, 2.45) is 0 Å². The number of rotatable bonds is 7. The van der Waals surface area contributed by atoms with Crippen LogP contribution in [0.3, 0.4) is 0 Å². The summed E-state index contributed by atoms with van der Waals surface area (Å²) >= 11 is 0. The van der Waals surface area contributed by atoms with Crippen LogP contribution in [0.4, 0.5) is 0 Å². The van der Waals surface area contributed by atoms with E-state index in [9.17, 15) is 5.11 Å². The number of methoxy groups -OCH3 is 1. The van der Waals surface area contributed by atoms with Gasteiger partial charge in [0, 0.05) is 33.3 Å². The Labute approximate surface area is 92.0 Å². The summed E-state index contributed by atoms with van der Waals surface area (Å²) in [7, 11) is 1.72. The fourth-order valence-corrected chi connectivity index (χ4v) is 1.80. The second-order valence-electron chi connectivity index (χ2n) is 4.24. The van der Waals surface area contributed by atoms with E-state index in [2.05, 4.69) is 5.32 Å². The quantitative estimate of drug-likeness (QED) is 0.611. The average Bonchev–Trinajstić information content (AvgIpc) is 2.54. The molecule has 1 rings (SSSR count). The van der Waals surface area contributed by atoms with E-state index in [1.165, 1.54) is 0 Å². The summed E-state index contributed by atoms with van der Waals surface area (Å²) in [4.78, 5) is 0. The molecule has 0 radical (unpaired) electrons. The first-order valence-electron chi connectivity index (χ1n) is 5.73. The van der Waals surface area contributed by atoms with Crippen molar-refractivity contribution in [2.75, 3.05) is 33.4 Å². The fraction of sp³-hybridized carbons (Fsp3) is 1.00. The van der Waals surface area contributed by atoms with Gasteiger partial charge in [-0.3, -0.25) is 0 Å². The van der Waals surface area contributed by atoms with Crippen molar-refractivity contribution in [3.05, 3.63) is 0 Å². The largest absolute Gasteiger partial charge is 0.386 e. The maximum Gasteiger partial charge on any atom is 0.105 e. The standard InChI is InChI=1S/C11H23NO3/c1-10-11(13,5-8-15-10)9-12-6-3-4-7-14-2/h10,12-13H,3-9H2,1-2H3. The van der Waals surface area contributed by atoms with Gasteiger partial charge in [-0.1, -0.05) is 0 Å². The third-order valence-corrected chi connectivity index (χ3v) is 3.04. The van der Waals surface area contributed by atoms with Crippen molar-refractivity contribution in [3.8, 4) is 0 Å². The van der Waals surface area contributed by atoms with E-state index < -0.39 is 5.60 Å². The van der Waals surface area contributed by atoms with Gasteiger partial charge in [0.1, 0.15) is 5.60 Å². The van der Waals surface area contributed by atoms with E-state index >= 15 is 0 Å². The van der Waals surface area contributed by atoms with E-state index in [0.717, 1.165) is 32.4 Å². The molecule has 1 saturated heterocycles. The molecule has 1 aliphatic heterocycles. The molecule has 0 aromatic carbocycles. The van der Waals surface area contributed by atoms with Gasteiger partial charge in [0.05, 0.1) is 6.10 Å². The lowest BCUT2D eigenvalue weighted by molar-refractivity contribution is -0.0260. The number of hydrogen-bond donors (Lipinski definition) is 2. The molecule has 0 aromatic heterocycles. The Bertz CT molecular complexity index is 177. The Hall–Kier alpha value is -0.160. The highest BCUT2D eigenvalue weighted by Gasteiger charge is 2.38. The number of ether oxygens (including phenoxy) is 2. The molecule has 1 heterocycles. The first kappa shape index (κ1) is 12.9. The Balaban J connectivity index is 2.04. The number of nitrogens with one attached hydrogen (secondary N) is 1. The smallest absolute Gasteiger partial charge is 0.105 e. The predicted molar refractivity (Wildman–Crippen MR) is 59.0 cm³/mol. The summed E-state index contributed by atoms with van der Waals surface area (Å²) < 4.78 is 10.3. The summed E-state index contributed by atoms with van der Waals surface area (Å²) in [5.74, 6) is 0. The highest BCUT2D eigenvalue weighted by molar-refractivity contribution is 4.91. The van der Waals surface area contributed by atoms with Crippen LogP contribution in [0.1, 0.15) is 26.2 Å². The summed E-state index contributed by atoms with van der Waals surface area (Å²) in [6.07, 6.45) is 2.83. The van der Waals surface area contributed by atoms with E-state index in [0.29, 0.717) is 13.2 Å². The highest BCUT2D eigenvalue weighted by Crippen LogP contribution is 2.24. The van der Waals surface area contributed by atoms with Gasteiger partial charge in [0.15, 0.2) is 0 Å². The highest BCUT2D eigenvalue weighted by atomic mass is 16.5. The van der Waals surface area contributed by atoms with Crippen molar-refractivity contribution in [1.82, 2.24) is 5.32 Å². The minimum Gasteiger partial charge on any atom is -0.386 e. The molecule has 0 bridgehead atoms. The lowest BCUT2D eigenvalue weighted by Crippen LogP contribution is -2.46. The van der Waals surface area contributed by atoms with E-state index in [1.807, 2.05) is 6.92 Å². The van der Waals surface area contributed by atoms with Gasteiger partial charge in [-0.25, -0.2) is 0 Å². The van der Waals surface area contributed by atoms with Crippen LogP contribution in [0.5, 0.6) is 0 Å². The molecular formula is C11H23NO3. The Morgan fingerprint density at radius 2 is 2.33 bits per heavy atom. The lowest BCUT2D eigenvalue weighted by Gasteiger charge is -2.26.